The van der Waals surface area contributed by atoms with Crippen LogP contribution in [0.25, 0.3) is 90.9 Å². The van der Waals surface area contributed by atoms with E-state index in [0.29, 0.717) is 0 Å². The molecule has 0 saturated heterocycles. The zero-order chi connectivity index (χ0) is 53.0. The maximum atomic E-state index is 5.76. The van der Waals surface area contributed by atoms with Gasteiger partial charge in [0, 0.05) is 3.57 Å². The third kappa shape index (κ3) is 11.2. The average Bonchev–Trinajstić information content (AvgIpc) is 4.13. The quantitative estimate of drug-likeness (QED) is 0.130. The molecule has 7 aromatic rings. The molecule has 0 N–H and O–H groups in total. The summed E-state index contributed by atoms with van der Waals surface area (Å²) in [7, 11) is 0. The van der Waals surface area contributed by atoms with Gasteiger partial charge in [0.2, 0.25) is 0 Å². The minimum absolute atomic E-state index is 0. The molecule has 4 aromatic carbocycles. The minimum Gasteiger partial charge on any atom is -0.657 e. The molecule has 3 aromatic heterocycles. The number of halogens is 1. The molecule has 2 aliphatic rings. The molecule has 9 rings (SSSR count). The summed E-state index contributed by atoms with van der Waals surface area (Å²) < 4.78 is 1.17. The Balaban J connectivity index is 0.00000729. The van der Waals surface area contributed by atoms with Crippen molar-refractivity contribution in [1.82, 2.24) is 19.9 Å². The first-order valence-electron chi connectivity index (χ1n) is 26.1. The van der Waals surface area contributed by atoms with Crippen molar-refractivity contribution < 1.29 is 19.5 Å². The maximum Gasteiger partial charge on any atom is 2.00 e. The standard InChI is InChI=1S/C68H75IN4.Zn/c1-63(2,3)44-31-41(32-45(37-44)64(4,5)6)60-53-25-23-51(70-53)59(40-19-21-50(69)22-20-40)52-24-26-54(71-52)61(42-33-46(65(7,8)9)38-47(34-42)66(10,11)12)56-28-30-58(73-56)62(57-29-27-55(60)72-57)43-35-48(67(13,14)15)39-49(36-43)68(16,17)18;/h19-39H,1-18H3;/q-2;+2. The molecule has 0 saturated carbocycles. The summed E-state index contributed by atoms with van der Waals surface area (Å²) in [5, 5.41) is 0. The fraction of sp³-hybridized carbons (Fsp3) is 0.353. The van der Waals surface area contributed by atoms with E-state index in [1.165, 1.54) is 37.0 Å². The van der Waals surface area contributed by atoms with E-state index in [0.717, 1.165) is 89.4 Å². The van der Waals surface area contributed by atoms with Crippen molar-refractivity contribution in [2.45, 2.75) is 157 Å². The van der Waals surface area contributed by atoms with Gasteiger partial charge < -0.3 is 9.97 Å². The first kappa shape index (κ1) is 55.1. The fourth-order valence-electron chi connectivity index (χ4n) is 9.80. The van der Waals surface area contributed by atoms with Crippen LogP contribution in [0.2, 0.25) is 0 Å². The van der Waals surface area contributed by atoms with Crippen LogP contribution in [-0.4, -0.2) is 9.97 Å². The second-order valence-electron chi connectivity index (χ2n) is 26.8. The molecule has 0 amide bonds. The Morgan fingerprint density at radius 3 is 0.730 bits per heavy atom. The molecule has 0 spiro atoms. The van der Waals surface area contributed by atoms with Crippen molar-refractivity contribution in [1.29, 1.82) is 0 Å². The van der Waals surface area contributed by atoms with Gasteiger partial charge in [-0.05, 0) is 169 Å². The van der Waals surface area contributed by atoms with Gasteiger partial charge in [-0.25, -0.2) is 9.97 Å². The molecule has 376 valence electrons. The third-order valence-electron chi connectivity index (χ3n) is 14.6. The number of benzene rings is 4. The van der Waals surface area contributed by atoms with Crippen LogP contribution in [0.5, 0.6) is 0 Å². The van der Waals surface area contributed by atoms with Crippen molar-refractivity contribution >= 4 is 69.0 Å². The van der Waals surface area contributed by atoms with E-state index in [1.54, 1.807) is 0 Å². The average molecular weight is 1140 g/mol. The van der Waals surface area contributed by atoms with Crippen molar-refractivity contribution in [3.05, 3.63) is 163 Å². The van der Waals surface area contributed by atoms with Gasteiger partial charge in [0.25, 0.3) is 0 Å². The van der Waals surface area contributed by atoms with Crippen LogP contribution in [0.1, 0.15) is 181 Å². The van der Waals surface area contributed by atoms with Gasteiger partial charge in [0.05, 0.1) is 22.8 Å². The van der Waals surface area contributed by atoms with E-state index in [2.05, 4.69) is 275 Å². The Kier molecular flexibility index (Phi) is 14.5. The van der Waals surface area contributed by atoms with Gasteiger partial charge in [0.1, 0.15) is 0 Å². The van der Waals surface area contributed by atoms with Crippen molar-refractivity contribution in [3.63, 3.8) is 0 Å². The fourth-order valence-corrected chi connectivity index (χ4v) is 10.2. The third-order valence-corrected chi connectivity index (χ3v) is 15.3. The maximum absolute atomic E-state index is 5.76. The number of nitrogens with zero attached hydrogens (tertiary/aromatic N) is 4. The van der Waals surface area contributed by atoms with Crippen LogP contribution in [-0.2, 0) is 52.0 Å². The van der Waals surface area contributed by atoms with Crippen LogP contribution in [0.3, 0.4) is 0 Å². The zero-order valence-electron chi connectivity index (χ0n) is 47.5. The Labute approximate surface area is 469 Å². The van der Waals surface area contributed by atoms with E-state index >= 15 is 0 Å². The van der Waals surface area contributed by atoms with E-state index in [-0.39, 0.29) is 52.0 Å². The van der Waals surface area contributed by atoms with Crippen LogP contribution >= 0.6 is 22.6 Å². The normalized spacial score (nSPS) is 13.4. The molecular weight excluding hydrogens is 1070 g/mol. The van der Waals surface area contributed by atoms with Crippen LogP contribution in [0.4, 0.5) is 0 Å². The Morgan fingerprint density at radius 2 is 0.514 bits per heavy atom. The van der Waals surface area contributed by atoms with Gasteiger partial charge in [0.15, 0.2) is 0 Å². The van der Waals surface area contributed by atoms with Gasteiger partial charge in [-0.2, -0.15) is 0 Å². The largest absolute Gasteiger partial charge is 2.00 e. The molecule has 0 aliphatic carbocycles. The van der Waals surface area contributed by atoms with Gasteiger partial charge >= 0.3 is 19.5 Å². The second-order valence-corrected chi connectivity index (χ2v) is 28.0. The summed E-state index contributed by atoms with van der Waals surface area (Å²) in [6.07, 6.45) is 8.78. The minimum atomic E-state index is -0.103. The number of aromatic nitrogens is 4. The number of rotatable bonds is 4. The van der Waals surface area contributed by atoms with Crippen LogP contribution in [0.15, 0.2) is 103 Å². The zero-order valence-corrected chi connectivity index (χ0v) is 52.6. The first-order chi connectivity index (χ1) is 33.8. The second kappa shape index (κ2) is 19.4. The molecule has 6 heteroatoms. The Morgan fingerprint density at radius 1 is 0.297 bits per heavy atom. The van der Waals surface area contributed by atoms with Crippen molar-refractivity contribution in [2.24, 2.45) is 0 Å². The van der Waals surface area contributed by atoms with E-state index in [4.69, 9.17) is 19.9 Å². The summed E-state index contributed by atoms with van der Waals surface area (Å²) in [6.45, 7) is 41.5. The van der Waals surface area contributed by atoms with Gasteiger partial charge in [-0.3, -0.25) is 0 Å². The predicted molar refractivity (Wildman–Crippen MR) is 323 cm³/mol. The summed E-state index contributed by atoms with van der Waals surface area (Å²) in [5.41, 5.74) is 22.3. The van der Waals surface area contributed by atoms with Crippen LogP contribution < -0.4 is 9.97 Å². The Hall–Kier alpha value is -5.17. The van der Waals surface area contributed by atoms with Crippen molar-refractivity contribution in [2.75, 3.05) is 0 Å². The van der Waals surface area contributed by atoms with Crippen molar-refractivity contribution in [3.8, 4) is 44.5 Å². The molecule has 0 radical (unpaired) electrons. The summed E-state index contributed by atoms with van der Waals surface area (Å²) in [6, 6.07) is 38.9. The summed E-state index contributed by atoms with van der Waals surface area (Å²) in [4.78, 5) is 22.9. The SMILES string of the molecule is CC(C)(C)c1cc(-c2c3nc(c(-c4cc(C(C)(C)C)cc(C(C)(C)C)c4)c4ccc([n-]4)c(-c4cc(C(C)(C)C)cc(C(C)(C)C)c4)c4nc(c(-c5ccc(I)cc5)c5ccc2[n-]5)C=C4)C=C3)cc(C(C)(C)C)c1.[Zn+2]. The smallest absolute Gasteiger partial charge is 0.657 e. The first-order valence-corrected chi connectivity index (χ1v) is 27.2. The van der Waals surface area contributed by atoms with Gasteiger partial charge in [-0.15, -0.1) is 22.1 Å². The topological polar surface area (TPSA) is 54.0 Å². The van der Waals surface area contributed by atoms with E-state index < -0.39 is 0 Å². The molecule has 2 aliphatic heterocycles. The number of hydrogen-bond donors (Lipinski definition) is 0. The molecule has 5 heterocycles. The molecule has 0 fully saturated rings. The molecule has 0 unspecified atom stereocenters. The van der Waals surface area contributed by atoms with E-state index in [9.17, 15) is 0 Å². The number of fused-ring (bicyclic) bond motifs is 8. The molecule has 74 heavy (non-hydrogen) atoms. The molecule has 8 bridgehead atoms. The molecule has 4 nitrogen and oxygen atoms in total. The predicted octanol–water partition coefficient (Wildman–Crippen LogP) is 19.0. The van der Waals surface area contributed by atoms with Crippen LogP contribution in [0, 0.1) is 3.57 Å². The van der Waals surface area contributed by atoms with E-state index in [1.807, 2.05) is 0 Å². The summed E-state index contributed by atoms with van der Waals surface area (Å²) >= 11 is 2.39. The summed E-state index contributed by atoms with van der Waals surface area (Å²) in [5.74, 6) is 0. The monoisotopic (exact) mass is 1140 g/mol. The molecule has 0 atom stereocenters. The van der Waals surface area contributed by atoms with Gasteiger partial charge in [-0.1, -0.05) is 216 Å². The Bertz CT molecular complexity index is 3380. The number of hydrogen-bond acceptors (Lipinski definition) is 2. The molecular formula is C68H75IN4Zn.